The third-order valence-electron chi connectivity index (χ3n) is 6.83. The zero-order chi connectivity index (χ0) is 23.1. The maximum absolute atomic E-state index is 11.8. The molecular weight excluding hydrogens is 412 g/mol. The summed E-state index contributed by atoms with van der Waals surface area (Å²) in [6.07, 6.45) is 1.75. The van der Waals surface area contributed by atoms with Gasteiger partial charge in [0.25, 0.3) is 0 Å². The van der Waals surface area contributed by atoms with Crippen molar-refractivity contribution in [3.8, 4) is 16.9 Å². The Morgan fingerprint density at radius 1 is 1.15 bits per heavy atom. The number of nitrogens with zero attached hydrogens (tertiary/aromatic N) is 1. The van der Waals surface area contributed by atoms with Crippen LogP contribution in [0.2, 0.25) is 0 Å². The van der Waals surface area contributed by atoms with Crippen molar-refractivity contribution in [1.29, 1.82) is 0 Å². The summed E-state index contributed by atoms with van der Waals surface area (Å²) in [5, 5.41) is 9.65. The van der Waals surface area contributed by atoms with Gasteiger partial charge in [0.15, 0.2) is 0 Å². The number of para-hydroxylation sites is 1. The normalized spacial score (nSPS) is 16.6. The number of carbonyl (C=O) groups is 1. The molecule has 170 valence electrons. The summed E-state index contributed by atoms with van der Waals surface area (Å²) in [4.78, 5) is 14.0. The second-order valence-corrected chi connectivity index (χ2v) is 9.39. The van der Waals surface area contributed by atoms with E-state index in [-0.39, 0.29) is 6.04 Å². The molecule has 3 N–H and O–H groups in total. The zero-order valence-corrected chi connectivity index (χ0v) is 19.2. The van der Waals surface area contributed by atoms with Crippen molar-refractivity contribution in [1.82, 2.24) is 0 Å². The molecule has 3 aromatic carbocycles. The lowest BCUT2D eigenvalue weighted by Crippen LogP contribution is -2.25. The quantitative estimate of drug-likeness (QED) is 0.551. The van der Waals surface area contributed by atoms with Gasteiger partial charge in [-0.3, -0.25) is 0 Å². The zero-order valence-electron chi connectivity index (χ0n) is 19.2. The van der Waals surface area contributed by atoms with E-state index in [1.807, 2.05) is 18.2 Å². The third kappa shape index (κ3) is 4.09. The molecule has 33 heavy (non-hydrogen) atoms. The number of benzene rings is 3. The SMILES string of the molecule is CC(C)c1cc(CCN2CCc3cccc(C(=O)O)c32)cc(-c2ccc3c(c2)[C@H](N)CO3)c1. The molecule has 0 amide bonds. The number of hydrogen-bond acceptors (Lipinski definition) is 4. The number of rotatable bonds is 6. The standard InChI is InChI=1S/C28H30N2O3/c1-17(2)21-12-18(8-10-30-11-9-19-4-3-5-23(27(19)30)28(31)32)13-22(14-21)20-6-7-26-24(15-20)25(29)16-33-26/h3-7,12-15,17,25H,8-11,16,29H2,1-2H3,(H,31,32)/t25-/m1/s1. The summed E-state index contributed by atoms with van der Waals surface area (Å²) in [6.45, 7) is 6.61. The molecule has 0 saturated heterocycles. The van der Waals surface area contributed by atoms with E-state index in [1.165, 1.54) is 16.7 Å². The molecule has 2 aliphatic heterocycles. The van der Waals surface area contributed by atoms with E-state index >= 15 is 0 Å². The molecule has 5 nitrogen and oxygen atoms in total. The van der Waals surface area contributed by atoms with Gasteiger partial charge < -0.3 is 20.5 Å². The Balaban J connectivity index is 1.43. The van der Waals surface area contributed by atoms with Crippen LogP contribution in [0.4, 0.5) is 5.69 Å². The van der Waals surface area contributed by atoms with E-state index < -0.39 is 5.97 Å². The Labute approximate surface area is 194 Å². The second kappa shape index (κ2) is 8.56. The van der Waals surface area contributed by atoms with E-state index in [4.69, 9.17) is 10.5 Å². The van der Waals surface area contributed by atoms with Gasteiger partial charge in [-0.1, -0.05) is 50.2 Å². The predicted molar refractivity (Wildman–Crippen MR) is 131 cm³/mol. The van der Waals surface area contributed by atoms with Crippen LogP contribution in [-0.2, 0) is 12.8 Å². The van der Waals surface area contributed by atoms with Crippen LogP contribution in [0.1, 0.15) is 58.4 Å². The highest BCUT2D eigenvalue weighted by Crippen LogP contribution is 2.36. The predicted octanol–water partition coefficient (Wildman–Crippen LogP) is 5.17. The van der Waals surface area contributed by atoms with E-state index in [0.717, 1.165) is 54.1 Å². The summed E-state index contributed by atoms with van der Waals surface area (Å²) in [7, 11) is 0. The minimum absolute atomic E-state index is 0.0774. The van der Waals surface area contributed by atoms with Crippen LogP contribution in [0.25, 0.3) is 11.1 Å². The number of ether oxygens (including phenoxy) is 1. The van der Waals surface area contributed by atoms with Crippen molar-refractivity contribution in [3.05, 3.63) is 82.4 Å². The Bertz CT molecular complexity index is 1220. The fraction of sp³-hybridized carbons (Fsp3) is 0.321. The van der Waals surface area contributed by atoms with Crippen LogP contribution >= 0.6 is 0 Å². The van der Waals surface area contributed by atoms with Crippen LogP contribution in [0, 0.1) is 0 Å². The molecule has 0 spiro atoms. The average molecular weight is 443 g/mol. The van der Waals surface area contributed by atoms with Crippen LogP contribution in [0.3, 0.4) is 0 Å². The maximum atomic E-state index is 11.8. The Kier molecular flexibility index (Phi) is 5.59. The first kappa shape index (κ1) is 21.5. The molecule has 5 rings (SSSR count). The lowest BCUT2D eigenvalue weighted by molar-refractivity contribution is 0.0697. The summed E-state index contributed by atoms with van der Waals surface area (Å²) < 4.78 is 5.67. The van der Waals surface area contributed by atoms with Gasteiger partial charge in [-0.15, -0.1) is 0 Å². The van der Waals surface area contributed by atoms with E-state index in [0.29, 0.717) is 18.1 Å². The molecule has 2 aliphatic rings. The van der Waals surface area contributed by atoms with E-state index in [1.54, 1.807) is 6.07 Å². The number of aromatic carboxylic acids is 1. The molecule has 2 heterocycles. The fourth-order valence-electron chi connectivity index (χ4n) is 4.98. The highest BCUT2D eigenvalue weighted by molar-refractivity contribution is 5.96. The van der Waals surface area contributed by atoms with Crippen LogP contribution < -0.4 is 15.4 Å². The number of fused-ring (bicyclic) bond motifs is 2. The molecular formula is C28H30N2O3. The van der Waals surface area contributed by atoms with Gasteiger partial charge in [0.2, 0.25) is 0 Å². The summed E-state index contributed by atoms with van der Waals surface area (Å²) in [5.74, 6) is 0.435. The molecule has 0 bridgehead atoms. The molecule has 0 unspecified atom stereocenters. The van der Waals surface area contributed by atoms with Gasteiger partial charge in [0.05, 0.1) is 17.3 Å². The first-order valence-corrected chi connectivity index (χ1v) is 11.7. The van der Waals surface area contributed by atoms with Gasteiger partial charge in [0, 0.05) is 18.7 Å². The highest BCUT2D eigenvalue weighted by Gasteiger charge is 2.25. The van der Waals surface area contributed by atoms with Gasteiger partial charge in [-0.25, -0.2) is 4.79 Å². The molecule has 0 fully saturated rings. The van der Waals surface area contributed by atoms with Gasteiger partial charge in [0.1, 0.15) is 12.4 Å². The number of anilines is 1. The summed E-state index contributed by atoms with van der Waals surface area (Å²) in [6, 6.07) is 18.6. The lowest BCUT2D eigenvalue weighted by Gasteiger charge is -2.22. The topological polar surface area (TPSA) is 75.8 Å². The molecule has 5 heteroatoms. The number of nitrogens with two attached hydrogens (primary N) is 1. The number of carboxylic acids is 1. The van der Waals surface area contributed by atoms with Crippen molar-refractivity contribution in [2.75, 3.05) is 24.6 Å². The Morgan fingerprint density at radius 3 is 2.79 bits per heavy atom. The first-order valence-electron chi connectivity index (χ1n) is 11.7. The second-order valence-electron chi connectivity index (χ2n) is 9.39. The van der Waals surface area contributed by atoms with Crippen LogP contribution in [-0.4, -0.2) is 30.8 Å². The maximum Gasteiger partial charge on any atom is 0.337 e. The molecule has 0 radical (unpaired) electrons. The molecule has 1 atom stereocenters. The smallest absolute Gasteiger partial charge is 0.337 e. The van der Waals surface area contributed by atoms with Crippen LogP contribution in [0.15, 0.2) is 54.6 Å². The Hall–Kier alpha value is -3.31. The minimum Gasteiger partial charge on any atom is -0.491 e. The summed E-state index contributed by atoms with van der Waals surface area (Å²) in [5.41, 5.74) is 14.6. The lowest BCUT2D eigenvalue weighted by atomic mass is 9.92. The fourth-order valence-corrected chi connectivity index (χ4v) is 4.98. The highest BCUT2D eigenvalue weighted by atomic mass is 16.5. The van der Waals surface area contributed by atoms with E-state index in [2.05, 4.69) is 49.1 Å². The van der Waals surface area contributed by atoms with E-state index in [9.17, 15) is 9.90 Å². The molecule has 0 saturated carbocycles. The van der Waals surface area contributed by atoms with Crippen molar-refractivity contribution in [2.24, 2.45) is 5.73 Å². The monoisotopic (exact) mass is 442 g/mol. The third-order valence-corrected chi connectivity index (χ3v) is 6.83. The van der Waals surface area contributed by atoms with Crippen molar-refractivity contribution in [2.45, 2.75) is 38.6 Å². The summed E-state index contributed by atoms with van der Waals surface area (Å²) >= 11 is 0. The minimum atomic E-state index is -0.860. The van der Waals surface area contributed by atoms with Crippen molar-refractivity contribution < 1.29 is 14.6 Å². The number of hydrogen-bond donors (Lipinski definition) is 2. The van der Waals surface area contributed by atoms with Crippen molar-refractivity contribution in [3.63, 3.8) is 0 Å². The van der Waals surface area contributed by atoms with Gasteiger partial charge in [-0.2, -0.15) is 0 Å². The number of carboxylic acid groups (broad SMARTS) is 1. The first-order chi connectivity index (χ1) is 15.9. The van der Waals surface area contributed by atoms with Gasteiger partial charge >= 0.3 is 5.97 Å². The molecule has 3 aromatic rings. The largest absolute Gasteiger partial charge is 0.491 e. The Morgan fingerprint density at radius 2 is 2.00 bits per heavy atom. The van der Waals surface area contributed by atoms with Crippen molar-refractivity contribution >= 4 is 11.7 Å². The molecule has 0 aromatic heterocycles. The van der Waals surface area contributed by atoms with Crippen LogP contribution in [0.5, 0.6) is 5.75 Å². The van der Waals surface area contributed by atoms with Gasteiger partial charge in [-0.05, 0) is 64.8 Å². The average Bonchev–Trinajstić information content (AvgIpc) is 3.40. The molecule has 0 aliphatic carbocycles.